The van der Waals surface area contributed by atoms with Gasteiger partial charge in [0.1, 0.15) is 23.0 Å². The van der Waals surface area contributed by atoms with Crippen molar-refractivity contribution in [1.29, 1.82) is 0 Å². The average Bonchev–Trinajstić information content (AvgIpc) is 3.38. The van der Waals surface area contributed by atoms with Crippen molar-refractivity contribution in [3.63, 3.8) is 0 Å². The molecule has 0 unspecified atom stereocenters. The summed E-state index contributed by atoms with van der Waals surface area (Å²) in [4.78, 5) is 24.3. The van der Waals surface area contributed by atoms with Crippen molar-refractivity contribution in [2.75, 3.05) is 19.7 Å². The van der Waals surface area contributed by atoms with Crippen LogP contribution in [0.5, 0.6) is 0 Å². The Morgan fingerprint density at radius 1 is 1.48 bits per heavy atom. The molecule has 0 saturated carbocycles. The molecule has 29 heavy (non-hydrogen) atoms. The molecule has 0 spiro atoms. The van der Waals surface area contributed by atoms with Crippen LogP contribution in [0.2, 0.25) is 0 Å². The third-order valence-corrected chi connectivity index (χ3v) is 6.17. The van der Waals surface area contributed by atoms with Crippen molar-refractivity contribution in [3.05, 3.63) is 63.4 Å². The molecule has 0 bridgehead atoms. The predicted molar refractivity (Wildman–Crippen MR) is 112 cm³/mol. The smallest absolute Gasteiger partial charge is 0.259 e. The molecule has 0 radical (unpaired) electrons. The molecule has 2 N–H and O–H groups in total. The number of rotatable bonds is 10. The second kappa shape index (κ2) is 9.04. The summed E-state index contributed by atoms with van der Waals surface area (Å²) in [7, 11) is 0. The number of aliphatic hydroxyl groups is 1. The Morgan fingerprint density at radius 3 is 3.17 bits per heavy atom. The van der Waals surface area contributed by atoms with E-state index in [2.05, 4.69) is 16.5 Å². The van der Waals surface area contributed by atoms with E-state index in [1.165, 1.54) is 10.4 Å². The van der Waals surface area contributed by atoms with E-state index < -0.39 is 6.10 Å². The number of nitrogens with one attached hydrogen (secondary N) is 1. The average molecular weight is 416 g/mol. The molecule has 0 aromatic carbocycles. The molecule has 1 aliphatic rings. The van der Waals surface area contributed by atoms with Crippen LogP contribution in [0.1, 0.15) is 28.4 Å². The number of furan rings is 1. The quantitative estimate of drug-likeness (QED) is 0.495. The Labute approximate surface area is 172 Å². The van der Waals surface area contributed by atoms with Crippen molar-refractivity contribution in [2.45, 2.75) is 38.5 Å². The summed E-state index contributed by atoms with van der Waals surface area (Å²) in [6, 6.07) is 3.63. The van der Waals surface area contributed by atoms with Gasteiger partial charge in [-0.3, -0.25) is 9.69 Å². The van der Waals surface area contributed by atoms with Gasteiger partial charge in [-0.15, -0.1) is 17.9 Å². The number of aryl methyl sites for hydroxylation is 2. The highest BCUT2D eigenvalue weighted by Crippen LogP contribution is 2.34. The SMILES string of the molecule is C=CCN(Cc1nc2sc3c(c2c(=O)[nH]1)CCC3)C[C@H](O)COCc1ccco1. The topological polar surface area (TPSA) is 91.6 Å². The Balaban J connectivity index is 1.39. The van der Waals surface area contributed by atoms with Crippen LogP contribution in [0.3, 0.4) is 0 Å². The van der Waals surface area contributed by atoms with Gasteiger partial charge in [0.05, 0.1) is 30.9 Å². The monoisotopic (exact) mass is 415 g/mol. The molecule has 1 atom stereocenters. The van der Waals surface area contributed by atoms with Gasteiger partial charge in [0, 0.05) is 18.0 Å². The Bertz CT molecular complexity index is 1020. The van der Waals surface area contributed by atoms with Gasteiger partial charge >= 0.3 is 0 Å². The van der Waals surface area contributed by atoms with Crippen LogP contribution >= 0.6 is 11.3 Å². The van der Waals surface area contributed by atoms with Crippen molar-refractivity contribution < 1.29 is 14.3 Å². The highest BCUT2D eigenvalue weighted by Gasteiger charge is 2.21. The fraction of sp³-hybridized carbons (Fsp3) is 0.429. The maximum Gasteiger partial charge on any atom is 0.259 e. The van der Waals surface area contributed by atoms with E-state index in [4.69, 9.17) is 9.15 Å². The number of hydrogen-bond donors (Lipinski definition) is 2. The van der Waals surface area contributed by atoms with Gasteiger partial charge in [-0.2, -0.15) is 0 Å². The third kappa shape index (κ3) is 4.67. The first-order valence-corrected chi connectivity index (χ1v) is 10.6. The first-order chi connectivity index (χ1) is 14.1. The van der Waals surface area contributed by atoms with Crippen molar-refractivity contribution in [3.8, 4) is 0 Å². The standard InChI is InChI=1S/C21H25N3O4S/c1-2-8-24(10-14(25)12-27-13-15-5-4-9-28-15)11-18-22-20(26)19-16-6-3-7-17(16)29-21(19)23-18/h2,4-5,9,14,25H,1,3,6-8,10-13H2,(H,22,23,26)/t14-/m0/s1. The van der Waals surface area contributed by atoms with Gasteiger partial charge in [-0.05, 0) is 37.0 Å². The van der Waals surface area contributed by atoms with Gasteiger partial charge < -0.3 is 19.2 Å². The van der Waals surface area contributed by atoms with Gasteiger partial charge in [-0.1, -0.05) is 6.08 Å². The van der Waals surface area contributed by atoms with Crippen LogP contribution in [-0.2, 0) is 30.7 Å². The highest BCUT2D eigenvalue weighted by molar-refractivity contribution is 7.18. The molecule has 154 valence electrons. The molecule has 0 aliphatic heterocycles. The Morgan fingerprint density at radius 2 is 2.38 bits per heavy atom. The summed E-state index contributed by atoms with van der Waals surface area (Å²) >= 11 is 1.63. The van der Waals surface area contributed by atoms with Gasteiger partial charge in [0.15, 0.2) is 0 Å². The molecule has 3 aromatic heterocycles. The molecule has 0 fully saturated rings. The first kappa shape index (κ1) is 20.0. The van der Waals surface area contributed by atoms with E-state index in [0.717, 1.165) is 35.2 Å². The molecule has 3 heterocycles. The van der Waals surface area contributed by atoms with Crippen LogP contribution in [0.4, 0.5) is 0 Å². The molecular formula is C21H25N3O4S. The fourth-order valence-corrected chi connectivity index (χ4v) is 5.04. The minimum Gasteiger partial charge on any atom is -0.467 e. The number of ether oxygens (including phenoxy) is 1. The second-order valence-corrected chi connectivity index (χ2v) is 8.36. The van der Waals surface area contributed by atoms with Crippen LogP contribution in [0.25, 0.3) is 10.2 Å². The predicted octanol–water partition coefficient (Wildman–Crippen LogP) is 2.63. The zero-order valence-electron chi connectivity index (χ0n) is 16.2. The number of aromatic amines is 1. The van der Waals surface area contributed by atoms with Crippen LogP contribution in [-0.4, -0.2) is 45.8 Å². The lowest BCUT2D eigenvalue weighted by Crippen LogP contribution is -2.35. The molecule has 3 aromatic rings. The maximum absolute atomic E-state index is 12.6. The van der Waals surface area contributed by atoms with Crippen molar-refractivity contribution in [2.24, 2.45) is 0 Å². The molecule has 0 saturated heterocycles. The van der Waals surface area contributed by atoms with Gasteiger partial charge in [-0.25, -0.2) is 4.98 Å². The number of aliphatic hydroxyl groups excluding tert-OH is 1. The molecule has 0 amide bonds. The highest BCUT2D eigenvalue weighted by atomic mass is 32.1. The normalized spacial score (nSPS) is 14.6. The number of fused-ring (bicyclic) bond motifs is 3. The molecule has 1 aliphatic carbocycles. The van der Waals surface area contributed by atoms with Crippen LogP contribution in [0, 0.1) is 0 Å². The zero-order chi connectivity index (χ0) is 20.2. The van der Waals surface area contributed by atoms with Gasteiger partial charge in [0.25, 0.3) is 5.56 Å². The molecule has 7 nitrogen and oxygen atoms in total. The lowest BCUT2D eigenvalue weighted by molar-refractivity contribution is 0.00528. The Hall–Kier alpha value is -2.26. The summed E-state index contributed by atoms with van der Waals surface area (Å²) in [5.74, 6) is 1.33. The van der Waals surface area contributed by atoms with E-state index in [1.54, 1.807) is 29.7 Å². The number of hydrogen-bond acceptors (Lipinski definition) is 7. The molecule has 8 heteroatoms. The lowest BCUT2D eigenvalue weighted by atomic mass is 10.2. The van der Waals surface area contributed by atoms with E-state index in [9.17, 15) is 9.90 Å². The number of aromatic nitrogens is 2. The minimum atomic E-state index is -0.675. The first-order valence-electron chi connectivity index (χ1n) is 9.79. The third-order valence-electron chi connectivity index (χ3n) is 4.99. The zero-order valence-corrected chi connectivity index (χ0v) is 17.0. The largest absolute Gasteiger partial charge is 0.467 e. The summed E-state index contributed by atoms with van der Waals surface area (Å²) < 4.78 is 10.7. The van der Waals surface area contributed by atoms with E-state index in [1.807, 2.05) is 11.0 Å². The molecule has 4 rings (SSSR count). The summed E-state index contributed by atoms with van der Waals surface area (Å²) in [6.07, 6.45) is 5.81. The van der Waals surface area contributed by atoms with Crippen LogP contribution < -0.4 is 5.56 Å². The van der Waals surface area contributed by atoms with Crippen LogP contribution in [0.15, 0.2) is 40.3 Å². The summed E-state index contributed by atoms with van der Waals surface area (Å²) in [5.41, 5.74) is 1.11. The maximum atomic E-state index is 12.6. The second-order valence-electron chi connectivity index (χ2n) is 7.28. The van der Waals surface area contributed by atoms with E-state index in [0.29, 0.717) is 32.1 Å². The van der Waals surface area contributed by atoms with E-state index in [-0.39, 0.29) is 12.2 Å². The Kier molecular flexibility index (Phi) is 6.25. The van der Waals surface area contributed by atoms with E-state index >= 15 is 0 Å². The number of H-pyrrole nitrogens is 1. The summed E-state index contributed by atoms with van der Waals surface area (Å²) in [5, 5.41) is 11.1. The fourth-order valence-electron chi connectivity index (χ4n) is 3.76. The lowest BCUT2D eigenvalue weighted by Gasteiger charge is -2.23. The van der Waals surface area contributed by atoms with Crippen molar-refractivity contribution in [1.82, 2.24) is 14.9 Å². The number of nitrogens with zero attached hydrogens (tertiary/aromatic N) is 2. The van der Waals surface area contributed by atoms with Crippen molar-refractivity contribution >= 4 is 21.6 Å². The molecular weight excluding hydrogens is 390 g/mol. The minimum absolute atomic E-state index is 0.0646. The summed E-state index contributed by atoms with van der Waals surface area (Å²) in [6.45, 7) is 5.67. The van der Waals surface area contributed by atoms with Gasteiger partial charge in [0.2, 0.25) is 0 Å². The number of thiophene rings is 1.